The van der Waals surface area contributed by atoms with Gasteiger partial charge in [-0.3, -0.25) is 4.79 Å². The number of amides is 1. The van der Waals surface area contributed by atoms with E-state index in [1.807, 2.05) is 30.3 Å². The second-order valence-corrected chi connectivity index (χ2v) is 3.96. The van der Waals surface area contributed by atoms with Crippen molar-refractivity contribution in [3.63, 3.8) is 0 Å². The minimum Gasteiger partial charge on any atom is -0.306 e. The summed E-state index contributed by atoms with van der Waals surface area (Å²) in [6.45, 7) is 0. The summed E-state index contributed by atoms with van der Waals surface area (Å²) in [7, 11) is 1.09. The first kappa shape index (κ1) is 9.51. The van der Waals surface area contributed by atoms with Crippen LogP contribution in [0.4, 0.5) is 0 Å². The highest BCUT2D eigenvalue weighted by Gasteiger charge is 2.28. The molecule has 0 aliphatic carbocycles. The lowest BCUT2D eigenvalue weighted by molar-refractivity contribution is -0.120. The molecule has 3 nitrogen and oxygen atoms in total. The molecule has 0 bridgehead atoms. The Kier molecular flexibility index (Phi) is 2.72. The monoisotopic (exact) mass is 224 g/mol. The number of nitrogens with one attached hydrogen (secondary N) is 2. The summed E-state index contributed by atoms with van der Waals surface area (Å²) in [5, 5.41) is 6.34. The predicted octanol–water partition coefficient (Wildman–Crippen LogP) is 0.0790. The molecule has 1 aromatic carbocycles. The van der Waals surface area contributed by atoms with Crippen LogP contribution in [-0.4, -0.2) is 11.0 Å². The van der Waals surface area contributed by atoms with Crippen molar-refractivity contribution >= 4 is 32.1 Å². The van der Waals surface area contributed by atoms with E-state index < -0.39 is 0 Å². The molecule has 1 saturated heterocycles. The molecule has 2 N–H and O–H groups in total. The zero-order valence-corrected chi connectivity index (χ0v) is 8.82. The van der Waals surface area contributed by atoms with E-state index in [0.29, 0.717) is 5.11 Å². The first-order valence-corrected chi connectivity index (χ1v) is 5.84. The second kappa shape index (κ2) is 4.00. The van der Waals surface area contributed by atoms with Crippen LogP contribution in [0.15, 0.2) is 30.3 Å². The van der Waals surface area contributed by atoms with Gasteiger partial charge in [0.15, 0.2) is 5.11 Å². The highest BCUT2D eigenvalue weighted by atomic mass is 32.8. The van der Waals surface area contributed by atoms with Crippen LogP contribution in [0.3, 0.4) is 0 Å². The van der Waals surface area contributed by atoms with Gasteiger partial charge < -0.3 is 5.32 Å². The molecule has 0 radical (unpaired) electrons. The molecule has 2 rings (SSSR count). The van der Waals surface area contributed by atoms with Gasteiger partial charge in [-0.1, -0.05) is 30.3 Å². The smallest absolute Gasteiger partial charge is 0.247 e. The molecule has 14 heavy (non-hydrogen) atoms. The van der Waals surface area contributed by atoms with Crippen LogP contribution in [-0.2, 0) is 25.9 Å². The van der Waals surface area contributed by atoms with Gasteiger partial charge >= 0.3 is 0 Å². The summed E-state index contributed by atoms with van der Waals surface area (Å²) in [6.07, 6.45) is 0. The molecule has 1 aromatic rings. The average Bonchev–Trinajstić information content (AvgIpc) is 2.61. The Labute approximate surface area is 89.7 Å². The predicted molar refractivity (Wildman–Crippen MR) is 60.2 cm³/mol. The number of carbonyl (C=O) groups is 1. The fourth-order valence-electron chi connectivity index (χ4n) is 1.34. The number of hydrogen-bond acceptors (Lipinski definition) is 2. The van der Waals surface area contributed by atoms with Crippen molar-refractivity contribution in [1.29, 1.82) is 0 Å². The summed E-state index contributed by atoms with van der Waals surface area (Å²) in [5.74, 6) is -0.0523. The van der Waals surface area contributed by atoms with Gasteiger partial charge in [-0.2, -0.15) is 0 Å². The van der Waals surface area contributed by atoms with Gasteiger partial charge in [0.25, 0.3) is 0 Å². The van der Waals surface area contributed by atoms with Gasteiger partial charge in [-0.05, 0) is 26.7 Å². The first-order valence-electron chi connectivity index (χ1n) is 4.10. The van der Waals surface area contributed by atoms with Crippen molar-refractivity contribution in [3.8, 4) is 0 Å². The second-order valence-electron chi connectivity index (χ2n) is 2.89. The summed E-state index contributed by atoms with van der Waals surface area (Å²) >= 11 is 4.77. The molecule has 0 spiro atoms. The summed E-state index contributed by atoms with van der Waals surface area (Å²) < 4.78 is 0. The zero-order valence-electron chi connectivity index (χ0n) is 7.19. The van der Waals surface area contributed by atoms with E-state index in [1.165, 1.54) is 0 Å². The van der Waals surface area contributed by atoms with Crippen LogP contribution in [0.2, 0.25) is 0 Å². The molecule has 1 unspecified atom stereocenters. The third kappa shape index (κ3) is 1.75. The Morgan fingerprint density at radius 2 is 2.00 bits per heavy atom. The lowest BCUT2D eigenvalue weighted by Gasteiger charge is -2.05. The highest BCUT2D eigenvalue weighted by molar-refractivity contribution is 8.17. The maximum Gasteiger partial charge on any atom is 0.247 e. The van der Waals surface area contributed by atoms with Crippen LogP contribution in [0.25, 0.3) is 0 Å². The van der Waals surface area contributed by atoms with E-state index in [4.69, 9.17) is 11.2 Å². The Balaban J connectivity index is 2.30. The summed E-state index contributed by atoms with van der Waals surface area (Å²) in [6, 6.07) is 9.25. The maximum absolute atomic E-state index is 11.5. The molecule has 72 valence electrons. The lowest BCUT2D eigenvalue weighted by Crippen LogP contribution is -2.24. The molecule has 0 saturated carbocycles. The van der Waals surface area contributed by atoms with Crippen LogP contribution in [0.5, 0.6) is 0 Å². The third-order valence-electron chi connectivity index (χ3n) is 1.99. The van der Waals surface area contributed by atoms with Crippen molar-refractivity contribution in [2.45, 2.75) is 6.04 Å². The zero-order chi connectivity index (χ0) is 9.97. The van der Waals surface area contributed by atoms with Gasteiger partial charge in [-0.15, -0.1) is 0 Å². The Morgan fingerprint density at radius 3 is 2.57 bits per heavy atom. The first-order chi connectivity index (χ1) is 6.81. The average molecular weight is 224 g/mol. The fourth-order valence-corrected chi connectivity index (χ4v) is 1.92. The number of hydrogen-bond donors (Lipinski definition) is 2. The van der Waals surface area contributed by atoms with Gasteiger partial charge in [0.2, 0.25) is 5.91 Å². The number of rotatable bonds is 1. The topological polar surface area (TPSA) is 41.1 Å². The van der Waals surface area contributed by atoms with Crippen molar-refractivity contribution in [2.24, 2.45) is 0 Å². The van der Waals surface area contributed by atoms with E-state index in [0.717, 1.165) is 15.5 Å². The molecule has 1 fully saturated rings. The van der Waals surface area contributed by atoms with E-state index in [1.54, 1.807) is 0 Å². The van der Waals surface area contributed by atoms with E-state index in [2.05, 4.69) is 10.6 Å². The standard InChI is InChI=1S/C9H8N2OS2/c12-8-7(10-9(11-8)14-13)6-4-2-1-3-5-6/h1-5,7,10H,(H,11,12). The molecular weight excluding hydrogens is 216 g/mol. The molecule has 0 aromatic heterocycles. The van der Waals surface area contributed by atoms with Crippen molar-refractivity contribution in [1.82, 2.24) is 10.6 Å². The fraction of sp³-hybridized carbons (Fsp3) is 0.111. The molecule has 1 amide bonds. The van der Waals surface area contributed by atoms with Crippen molar-refractivity contribution in [3.05, 3.63) is 35.9 Å². The number of benzene rings is 1. The SMILES string of the molecule is O=C1NC(=S=S)NC1c1ccccc1. The van der Waals surface area contributed by atoms with Gasteiger partial charge in [-0.25, -0.2) is 5.32 Å². The van der Waals surface area contributed by atoms with E-state index in [-0.39, 0.29) is 11.9 Å². The van der Waals surface area contributed by atoms with E-state index >= 15 is 0 Å². The lowest BCUT2D eigenvalue weighted by atomic mass is 10.1. The van der Waals surface area contributed by atoms with Crippen LogP contribution < -0.4 is 10.6 Å². The Bertz CT molecular complexity index is 412. The van der Waals surface area contributed by atoms with Crippen LogP contribution >= 0.6 is 0 Å². The number of carbonyl (C=O) groups excluding carboxylic acids is 1. The molecule has 1 atom stereocenters. The largest absolute Gasteiger partial charge is 0.306 e. The van der Waals surface area contributed by atoms with Gasteiger partial charge in [0.1, 0.15) is 6.04 Å². The molecule has 1 aliphatic rings. The molecule has 1 heterocycles. The van der Waals surface area contributed by atoms with Gasteiger partial charge in [0.05, 0.1) is 0 Å². The van der Waals surface area contributed by atoms with E-state index in [9.17, 15) is 4.79 Å². The van der Waals surface area contributed by atoms with Crippen LogP contribution in [0.1, 0.15) is 11.6 Å². The van der Waals surface area contributed by atoms with Gasteiger partial charge in [0, 0.05) is 0 Å². The minimum atomic E-state index is -0.304. The minimum absolute atomic E-state index is 0.0523. The summed E-state index contributed by atoms with van der Waals surface area (Å²) in [4.78, 5) is 11.5. The quantitative estimate of drug-likeness (QED) is 0.664. The normalized spacial score (nSPS) is 20.7. The summed E-state index contributed by atoms with van der Waals surface area (Å²) in [5.41, 5.74) is 0.948. The highest BCUT2D eigenvalue weighted by Crippen LogP contribution is 2.14. The molecule has 5 heteroatoms. The Morgan fingerprint density at radius 1 is 1.29 bits per heavy atom. The Hall–Kier alpha value is -1.04. The maximum atomic E-state index is 11.5. The molecular formula is C9H8N2OS2. The molecule has 1 aliphatic heterocycles. The third-order valence-corrected chi connectivity index (χ3v) is 2.88. The van der Waals surface area contributed by atoms with Crippen molar-refractivity contribution in [2.75, 3.05) is 0 Å². The van der Waals surface area contributed by atoms with Crippen molar-refractivity contribution < 1.29 is 4.79 Å². The van der Waals surface area contributed by atoms with Crippen LogP contribution in [0, 0.1) is 0 Å².